The van der Waals surface area contributed by atoms with Gasteiger partial charge in [0.2, 0.25) is 0 Å². The number of aliphatic hydroxyl groups excluding tert-OH is 1. The summed E-state index contributed by atoms with van der Waals surface area (Å²) in [6, 6.07) is 30.0. The number of fused-ring (bicyclic) bond motifs is 4. The summed E-state index contributed by atoms with van der Waals surface area (Å²) in [5.41, 5.74) is 2.81. The quantitative estimate of drug-likeness (QED) is 0.239. The minimum Gasteiger partial charge on any atom is -0.454 e. The molecule has 9 heteroatoms. The molecule has 230 valence electrons. The number of hydrogen-bond acceptors (Lipinski definition) is 6. The second-order valence-corrected chi connectivity index (χ2v) is 16.6. The van der Waals surface area contributed by atoms with E-state index >= 15 is 0 Å². The van der Waals surface area contributed by atoms with Crippen LogP contribution in [0.1, 0.15) is 34.8 Å². The first kappa shape index (κ1) is 29.4. The van der Waals surface area contributed by atoms with Gasteiger partial charge in [0.25, 0.3) is 11.8 Å². The molecule has 2 amide bonds. The van der Waals surface area contributed by atoms with Gasteiger partial charge in [0.05, 0.1) is 29.6 Å². The maximum absolute atomic E-state index is 14.5. The van der Waals surface area contributed by atoms with Crippen LogP contribution in [0.4, 0.5) is 17.1 Å². The van der Waals surface area contributed by atoms with Gasteiger partial charge in [0.15, 0.2) is 19.7 Å². The Morgan fingerprint density at radius 3 is 2.20 bits per heavy atom. The number of hydrogen-bond donors (Lipinski definition) is 2. The summed E-state index contributed by atoms with van der Waals surface area (Å²) in [5, 5.41) is 9.81. The van der Waals surface area contributed by atoms with Crippen LogP contribution in [-0.4, -0.2) is 42.7 Å². The smallest absolute Gasteiger partial charge is 0.266 e. The van der Waals surface area contributed by atoms with E-state index in [1.165, 1.54) is 0 Å². The number of anilines is 3. The summed E-state index contributed by atoms with van der Waals surface area (Å²) >= 11 is 0. The largest absolute Gasteiger partial charge is 0.454 e. The normalized spacial score (nSPS) is 23.9. The van der Waals surface area contributed by atoms with Crippen LogP contribution < -0.4 is 14.5 Å². The van der Waals surface area contributed by atoms with Crippen LogP contribution in [-0.2, 0) is 21.7 Å². The van der Waals surface area contributed by atoms with Crippen LogP contribution in [0.15, 0.2) is 97.1 Å². The molecule has 8 nitrogen and oxygen atoms in total. The Balaban J connectivity index is 1.22. The lowest BCUT2D eigenvalue weighted by Crippen LogP contribution is -2.46. The molecule has 0 aromatic heterocycles. The molecule has 1 spiro atoms. The number of ether oxygens (including phenoxy) is 2. The van der Waals surface area contributed by atoms with Crippen molar-refractivity contribution in [1.29, 1.82) is 0 Å². The van der Waals surface area contributed by atoms with Crippen LogP contribution in [0, 0.1) is 5.92 Å². The number of carbonyl (C=O) groups is 2. The molecule has 4 aromatic carbocycles. The highest BCUT2D eigenvalue weighted by atomic mass is 28.4. The van der Waals surface area contributed by atoms with Gasteiger partial charge in [-0.25, -0.2) is 0 Å². The molecule has 0 radical (unpaired) electrons. The fraction of sp³-hybridized carbons (Fsp3) is 0.278. The van der Waals surface area contributed by atoms with Gasteiger partial charge in [0.1, 0.15) is 5.75 Å². The van der Waals surface area contributed by atoms with Crippen molar-refractivity contribution in [3.8, 4) is 11.5 Å². The van der Waals surface area contributed by atoms with Crippen LogP contribution in [0.3, 0.4) is 0 Å². The molecule has 0 aliphatic carbocycles. The zero-order valence-electron chi connectivity index (χ0n) is 25.5. The first-order valence-corrected chi connectivity index (χ1v) is 18.4. The molecule has 1 saturated heterocycles. The van der Waals surface area contributed by atoms with E-state index in [9.17, 15) is 19.5 Å². The van der Waals surface area contributed by atoms with E-state index < -0.39 is 20.0 Å². The molecule has 0 bridgehead atoms. The van der Waals surface area contributed by atoms with Crippen molar-refractivity contribution in [2.75, 3.05) is 16.4 Å². The highest BCUT2D eigenvalue weighted by molar-refractivity contribution is 6.71. The fourth-order valence-electron chi connectivity index (χ4n) is 7.58. The molecule has 45 heavy (non-hydrogen) atoms. The Bertz CT molecular complexity index is 1790. The SMILES string of the molecule is C[C@@H]1[C@@H]([Si](C)(C)O)[C@H](CCO)O[C@@]12C(=O)N(Cc1ccc(N3C(=O)c4ccccc4Oc4ccccc43)cc1)c1ccccc12. The Labute approximate surface area is 263 Å². The average molecular weight is 621 g/mol. The Hall–Kier alpha value is -4.28. The zero-order valence-corrected chi connectivity index (χ0v) is 26.5. The third-order valence-electron chi connectivity index (χ3n) is 9.49. The minimum absolute atomic E-state index is 0.0813. The van der Waals surface area contributed by atoms with Crippen molar-refractivity contribution in [1.82, 2.24) is 0 Å². The van der Waals surface area contributed by atoms with Crippen molar-refractivity contribution in [3.05, 3.63) is 114 Å². The number of para-hydroxylation sites is 4. The van der Waals surface area contributed by atoms with Crippen LogP contribution >= 0.6 is 0 Å². The van der Waals surface area contributed by atoms with Gasteiger partial charge in [-0.3, -0.25) is 14.5 Å². The van der Waals surface area contributed by atoms with Gasteiger partial charge < -0.3 is 24.3 Å². The van der Waals surface area contributed by atoms with E-state index in [0.717, 1.165) is 16.8 Å². The highest BCUT2D eigenvalue weighted by Gasteiger charge is 2.66. The molecule has 3 aliphatic heterocycles. The monoisotopic (exact) mass is 620 g/mol. The van der Waals surface area contributed by atoms with Crippen molar-refractivity contribution in [3.63, 3.8) is 0 Å². The lowest BCUT2D eigenvalue weighted by Gasteiger charge is -2.32. The average Bonchev–Trinajstić information content (AvgIpc) is 3.40. The maximum atomic E-state index is 14.5. The van der Waals surface area contributed by atoms with Crippen LogP contribution in [0.5, 0.6) is 11.5 Å². The molecule has 4 aromatic rings. The van der Waals surface area contributed by atoms with Crippen molar-refractivity contribution < 1.29 is 29.0 Å². The lowest BCUT2D eigenvalue weighted by atomic mass is 9.82. The van der Waals surface area contributed by atoms with Gasteiger partial charge in [-0.2, -0.15) is 0 Å². The Kier molecular flexibility index (Phi) is 7.16. The number of aliphatic hydroxyl groups is 1. The molecule has 0 unspecified atom stereocenters. The van der Waals surface area contributed by atoms with Crippen molar-refractivity contribution in [2.24, 2.45) is 5.92 Å². The molecular formula is C36H36N2O6Si. The lowest BCUT2D eigenvalue weighted by molar-refractivity contribution is -0.146. The third kappa shape index (κ3) is 4.61. The molecule has 3 aliphatic rings. The summed E-state index contributed by atoms with van der Waals surface area (Å²) in [5.74, 6) is 0.467. The first-order valence-electron chi connectivity index (χ1n) is 15.4. The topological polar surface area (TPSA) is 99.5 Å². The van der Waals surface area contributed by atoms with E-state index in [1.807, 2.05) is 105 Å². The second-order valence-electron chi connectivity index (χ2n) is 12.7. The molecular weight excluding hydrogens is 584 g/mol. The molecule has 1 fully saturated rings. The second kappa shape index (κ2) is 11.0. The van der Waals surface area contributed by atoms with Gasteiger partial charge >= 0.3 is 0 Å². The zero-order chi connectivity index (χ0) is 31.5. The van der Waals surface area contributed by atoms with Gasteiger partial charge in [-0.15, -0.1) is 0 Å². The summed E-state index contributed by atoms with van der Waals surface area (Å²) in [6.07, 6.45) is -0.0607. The summed E-state index contributed by atoms with van der Waals surface area (Å²) in [6.45, 7) is 5.98. The predicted molar refractivity (Wildman–Crippen MR) is 174 cm³/mol. The van der Waals surface area contributed by atoms with E-state index in [-0.39, 0.29) is 29.9 Å². The van der Waals surface area contributed by atoms with Crippen molar-refractivity contribution in [2.45, 2.75) is 50.2 Å². The van der Waals surface area contributed by atoms with Crippen LogP contribution in [0.25, 0.3) is 0 Å². The summed E-state index contributed by atoms with van der Waals surface area (Å²) in [7, 11) is -2.76. The van der Waals surface area contributed by atoms with Crippen molar-refractivity contribution >= 4 is 37.2 Å². The predicted octanol–water partition coefficient (Wildman–Crippen LogP) is 6.50. The number of benzene rings is 4. The van der Waals surface area contributed by atoms with E-state index in [0.29, 0.717) is 41.4 Å². The van der Waals surface area contributed by atoms with Crippen LogP contribution in [0.2, 0.25) is 18.6 Å². The van der Waals surface area contributed by atoms with E-state index in [4.69, 9.17) is 9.47 Å². The fourth-order valence-corrected chi connectivity index (χ4v) is 10.2. The number of nitrogens with zero attached hydrogens (tertiary/aromatic N) is 2. The van der Waals surface area contributed by atoms with Gasteiger partial charge in [0, 0.05) is 29.3 Å². The standard InChI is InChI=1S/C36H36N2O6Si/c1-23-33(45(2,3)42)32(20-21-39)44-36(23)27-11-5-6-12-28(27)37(35(36)41)22-24-16-18-25(19-17-24)38-29-13-7-9-15-31(29)43-30-14-8-4-10-26(30)34(38)40/h4-19,23,32-33,39,42H,20-22H2,1-3H3/t23-,32+,33-,36+/m1/s1. The minimum atomic E-state index is -2.76. The molecule has 2 N–H and O–H groups in total. The van der Waals surface area contributed by atoms with Gasteiger partial charge in [-0.1, -0.05) is 61.5 Å². The van der Waals surface area contributed by atoms with E-state index in [2.05, 4.69) is 0 Å². The third-order valence-corrected chi connectivity index (χ3v) is 12.0. The molecule has 0 saturated carbocycles. The summed E-state index contributed by atoms with van der Waals surface area (Å²) in [4.78, 5) is 43.0. The first-order chi connectivity index (χ1) is 21.6. The molecule has 7 rings (SSSR count). The van der Waals surface area contributed by atoms with Gasteiger partial charge in [-0.05, 0) is 67.5 Å². The highest BCUT2D eigenvalue weighted by Crippen LogP contribution is 2.59. The summed E-state index contributed by atoms with van der Waals surface area (Å²) < 4.78 is 12.8. The van der Waals surface area contributed by atoms with E-state index in [1.54, 1.807) is 21.9 Å². The number of rotatable bonds is 6. The maximum Gasteiger partial charge on any atom is 0.266 e. The number of amides is 2. The Morgan fingerprint density at radius 1 is 0.844 bits per heavy atom. The number of carbonyl (C=O) groups excluding carboxylic acids is 2. The molecule has 4 atom stereocenters. The Morgan fingerprint density at radius 2 is 1.49 bits per heavy atom. The molecule has 3 heterocycles.